The van der Waals surface area contributed by atoms with Crippen LogP contribution in [0.25, 0.3) is 0 Å². The van der Waals surface area contributed by atoms with Crippen molar-refractivity contribution in [2.45, 2.75) is 31.6 Å². The van der Waals surface area contributed by atoms with E-state index >= 15 is 0 Å². The van der Waals surface area contributed by atoms with E-state index in [9.17, 15) is 17.6 Å². The molecule has 0 aromatic rings. The van der Waals surface area contributed by atoms with E-state index in [1.807, 2.05) is 0 Å². The van der Waals surface area contributed by atoms with Crippen molar-refractivity contribution in [2.24, 2.45) is 5.92 Å². The fraction of sp³-hybridized carbons (Fsp3) is 1.00. The van der Waals surface area contributed by atoms with Crippen LogP contribution in [0.2, 0.25) is 0 Å². The van der Waals surface area contributed by atoms with Gasteiger partial charge in [-0.3, -0.25) is 0 Å². The molecule has 0 aliphatic heterocycles. The third-order valence-electron chi connectivity index (χ3n) is 2.11. The molecule has 78 valence electrons. The smallest absolute Gasteiger partial charge is 0.311 e. The molecule has 0 aromatic heterocycles. The second-order valence-corrected chi connectivity index (χ2v) is 3.47. The van der Waals surface area contributed by atoms with Gasteiger partial charge in [0.25, 0.3) is 0 Å². The van der Waals surface area contributed by atoms with Crippen LogP contribution in [0, 0.1) is 5.92 Å². The number of rotatable bonds is 6. The fourth-order valence-electron chi connectivity index (χ4n) is 1.04. The van der Waals surface area contributed by atoms with Gasteiger partial charge < -0.3 is 5.32 Å². The summed E-state index contributed by atoms with van der Waals surface area (Å²) in [7, 11) is 0. The molecule has 0 bridgehead atoms. The first-order valence-corrected chi connectivity index (χ1v) is 4.39. The topological polar surface area (TPSA) is 12.0 Å². The van der Waals surface area contributed by atoms with Gasteiger partial charge in [0.2, 0.25) is 0 Å². The van der Waals surface area contributed by atoms with Crippen molar-refractivity contribution in [1.82, 2.24) is 5.32 Å². The number of nitrogens with one attached hydrogen (secondary N) is 1. The molecular formula is C8H13F4N. The van der Waals surface area contributed by atoms with Gasteiger partial charge in [0.15, 0.2) is 0 Å². The van der Waals surface area contributed by atoms with Crippen LogP contribution in [0.4, 0.5) is 17.6 Å². The summed E-state index contributed by atoms with van der Waals surface area (Å²) < 4.78 is 47.8. The van der Waals surface area contributed by atoms with Crippen molar-refractivity contribution in [1.29, 1.82) is 0 Å². The van der Waals surface area contributed by atoms with E-state index in [-0.39, 0.29) is 0 Å². The molecule has 0 spiro atoms. The summed E-state index contributed by atoms with van der Waals surface area (Å²) in [4.78, 5) is 0. The van der Waals surface area contributed by atoms with Gasteiger partial charge in [-0.05, 0) is 18.9 Å². The second-order valence-electron chi connectivity index (χ2n) is 3.47. The molecular weight excluding hydrogens is 186 g/mol. The van der Waals surface area contributed by atoms with Crippen molar-refractivity contribution in [3.8, 4) is 0 Å². The van der Waals surface area contributed by atoms with Crippen molar-refractivity contribution in [2.75, 3.05) is 13.1 Å². The molecule has 1 aliphatic carbocycles. The molecule has 1 rings (SSSR count). The lowest BCUT2D eigenvalue weighted by molar-refractivity contribution is -0.125. The quantitative estimate of drug-likeness (QED) is 0.511. The van der Waals surface area contributed by atoms with E-state index in [0.717, 1.165) is 19.3 Å². The van der Waals surface area contributed by atoms with E-state index in [0.29, 0.717) is 12.5 Å². The van der Waals surface area contributed by atoms with E-state index in [2.05, 4.69) is 5.32 Å². The molecule has 0 amide bonds. The Balaban J connectivity index is 2.02. The summed E-state index contributed by atoms with van der Waals surface area (Å²) in [6.07, 6.45) is -0.458. The van der Waals surface area contributed by atoms with E-state index in [1.165, 1.54) is 0 Å². The van der Waals surface area contributed by atoms with Gasteiger partial charge in [-0.15, -0.1) is 0 Å². The van der Waals surface area contributed by atoms with Gasteiger partial charge in [-0.1, -0.05) is 12.8 Å². The minimum atomic E-state index is -3.89. The Hall–Kier alpha value is -0.320. The summed E-state index contributed by atoms with van der Waals surface area (Å²) in [5, 5.41) is 2.35. The number of halogens is 4. The van der Waals surface area contributed by atoms with Crippen LogP contribution < -0.4 is 5.32 Å². The zero-order valence-corrected chi connectivity index (χ0v) is 7.20. The molecule has 0 saturated heterocycles. The zero-order chi connectivity index (χ0) is 9.90. The molecule has 0 heterocycles. The molecule has 1 aliphatic rings. The Morgan fingerprint density at radius 3 is 2.38 bits per heavy atom. The number of hydrogen-bond donors (Lipinski definition) is 1. The average Bonchev–Trinajstić information content (AvgIpc) is 2.81. The molecule has 13 heavy (non-hydrogen) atoms. The van der Waals surface area contributed by atoms with Gasteiger partial charge in [-0.2, -0.15) is 8.78 Å². The Kier molecular flexibility index (Phi) is 3.53. The van der Waals surface area contributed by atoms with Crippen LogP contribution in [-0.2, 0) is 0 Å². The molecule has 1 saturated carbocycles. The monoisotopic (exact) mass is 199 g/mol. The Labute approximate surface area is 74.5 Å². The molecule has 5 heteroatoms. The molecule has 0 aromatic carbocycles. The minimum absolute atomic E-state index is 0.410. The summed E-state index contributed by atoms with van der Waals surface area (Å²) in [5.41, 5.74) is 0. The maximum atomic E-state index is 12.3. The predicted octanol–water partition coefficient (Wildman–Crippen LogP) is 2.28. The Morgan fingerprint density at radius 2 is 1.92 bits per heavy atom. The molecule has 1 nitrogen and oxygen atoms in total. The first-order chi connectivity index (χ1) is 6.02. The fourth-order valence-corrected chi connectivity index (χ4v) is 1.04. The van der Waals surface area contributed by atoms with Crippen LogP contribution >= 0.6 is 0 Å². The maximum Gasteiger partial charge on any atom is 0.319 e. The number of hydrogen-bond acceptors (Lipinski definition) is 1. The first kappa shape index (κ1) is 10.8. The third kappa shape index (κ3) is 3.93. The van der Waals surface area contributed by atoms with Gasteiger partial charge >= 0.3 is 12.3 Å². The van der Waals surface area contributed by atoms with E-state index in [4.69, 9.17) is 0 Å². The third-order valence-corrected chi connectivity index (χ3v) is 2.11. The van der Waals surface area contributed by atoms with Crippen LogP contribution in [0.5, 0.6) is 0 Å². The Morgan fingerprint density at radius 1 is 1.31 bits per heavy atom. The maximum absolute atomic E-state index is 12.3. The van der Waals surface area contributed by atoms with Crippen molar-refractivity contribution >= 4 is 0 Å². The van der Waals surface area contributed by atoms with Crippen molar-refractivity contribution in [3.63, 3.8) is 0 Å². The number of alkyl halides is 4. The van der Waals surface area contributed by atoms with Gasteiger partial charge in [0, 0.05) is 0 Å². The highest BCUT2D eigenvalue weighted by Crippen LogP contribution is 2.31. The zero-order valence-electron chi connectivity index (χ0n) is 7.20. The molecule has 0 radical (unpaired) electrons. The largest absolute Gasteiger partial charge is 0.319 e. The van der Waals surface area contributed by atoms with Gasteiger partial charge in [0.05, 0.1) is 6.54 Å². The highest BCUT2D eigenvalue weighted by molar-refractivity contribution is 4.76. The summed E-state index contributed by atoms with van der Waals surface area (Å²) in [6, 6.07) is 0. The Bertz CT molecular complexity index is 156. The summed E-state index contributed by atoms with van der Waals surface area (Å²) in [6.45, 7) is -0.510. The van der Waals surface area contributed by atoms with Crippen LogP contribution in [0.1, 0.15) is 19.3 Å². The second kappa shape index (κ2) is 4.26. The predicted molar refractivity (Wildman–Crippen MR) is 41.2 cm³/mol. The van der Waals surface area contributed by atoms with Crippen LogP contribution in [-0.4, -0.2) is 25.4 Å². The first-order valence-electron chi connectivity index (χ1n) is 4.39. The molecule has 1 fully saturated rings. The summed E-state index contributed by atoms with van der Waals surface area (Å²) >= 11 is 0. The van der Waals surface area contributed by atoms with E-state index in [1.54, 1.807) is 0 Å². The SMILES string of the molecule is FC(F)C(F)(F)CNCCC1CC1. The molecule has 0 unspecified atom stereocenters. The van der Waals surface area contributed by atoms with Gasteiger partial charge in [0.1, 0.15) is 0 Å². The van der Waals surface area contributed by atoms with E-state index < -0.39 is 18.9 Å². The normalized spacial score (nSPS) is 18.2. The standard InChI is InChI=1S/C8H13F4N/c9-7(10)8(11,12)5-13-4-3-6-1-2-6/h6-7,13H,1-5H2. The average molecular weight is 199 g/mol. The highest BCUT2D eigenvalue weighted by atomic mass is 19.3. The lowest BCUT2D eigenvalue weighted by Gasteiger charge is -2.15. The highest BCUT2D eigenvalue weighted by Gasteiger charge is 2.40. The summed E-state index contributed by atoms with van der Waals surface area (Å²) in [5.74, 6) is -3.25. The van der Waals surface area contributed by atoms with Crippen LogP contribution in [0.15, 0.2) is 0 Å². The lowest BCUT2D eigenvalue weighted by Crippen LogP contribution is -2.39. The molecule has 1 N–H and O–H groups in total. The van der Waals surface area contributed by atoms with Gasteiger partial charge in [-0.25, -0.2) is 8.78 Å². The van der Waals surface area contributed by atoms with Crippen LogP contribution in [0.3, 0.4) is 0 Å². The lowest BCUT2D eigenvalue weighted by atomic mass is 10.3. The minimum Gasteiger partial charge on any atom is -0.311 e. The molecule has 0 atom stereocenters. The van der Waals surface area contributed by atoms with Crippen molar-refractivity contribution in [3.05, 3.63) is 0 Å². The van der Waals surface area contributed by atoms with Crippen molar-refractivity contribution < 1.29 is 17.6 Å².